The molecular weight excluding hydrogens is 256 g/mol. The van der Waals surface area contributed by atoms with Crippen molar-refractivity contribution in [3.05, 3.63) is 24.3 Å². The molecule has 0 amide bonds. The number of morpholine rings is 1. The lowest BCUT2D eigenvalue weighted by atomic mass is 10.3. The van der Waals surface area contributed by atoms with Crippen LogP contribution in [0.1, 0.15) is 0 Å². The van der Waals surface area contributed by atoms with Crippen molar-refractivity contribution in [2.45, 2.75) is 0 Å². The summed E-state index contributed by atoms with van der Waals surface area (Å²) in [5, 5.41) is 9.20. The summed E-state index contributed by atoms with van der Waals surface area (Å²) >= 11 is 0. The van der Waals surface area contributed by atoms with Crippen molar-refractivity contribution < 1.29 is 18.3 Å². The van der Waals surface area contributed by atoms with Gasteiger partial charge >= 0.3 is 10.2 Å². The predicted molar refractivity (Wildman–Crippen MR) is 67.8 cm³/mol. The average Bonchev–Trinajstić information content (AvgIpc) is 2.40. The molecule has 1 aliphatic heterocycles. The summed E-state index contributed by atoms with van der Waals surface area (Å²) in [6, 6.07) is 6.04. The van der Waals surface area contributed by atoms with Gasteiger partial charge in [-0.25, -0.2) is 0 Å². The van der Waals surface area contributed by atoms with Gasteiger partial charge in [-0.1, -0.05) is 0 Å². The van der Waals surface area contributed by atoms with Crippen molar-refractivity contribution >= 4 is 15.9 Å². The number of phenols is 1. The minimum absolute atomic E-state index is 0.107. The quantitative estimate of drug-likeness (QED) is 0.865. The Kier molecular flexibility index (Phi) is 3.74. The van der Waals surface area contributed by atoms with E-state index in [9.17, 15) is 13.5 Å². The molecule has 0 aromatic heterocycles. The largest absolute Gasteiger partial charge is 0.508 e. The SMILES string of the molecule is CN(c1ccc(O)cc1)S(=O)(=O)N1CCOCC1. The fourth-order valence-electron chi connectivity index (χ4n) is 1.75. The van der Waals surface area contributed by atoms with Gasteiger partial charge in [0.15, 0.2) is 0 Å². The summed E-state index contributed by atoms with van der Waals surface area (Å²) in [6.45, 7) is 1.57. The third kappa shape index (κ3) is 2.58. The standard InChI is InChI=1S/C11H16N2O4S/c1-12(10-2-4-11(14)5-3-10)18(15,16)13-6-8-17-9-7-13/h2-5,14H,6-9H2,1H3. The number of hydrogen-bond acceptors (Lipinski definition) is 4. The number of nitrogens with zero attached hydrogens (tertiary/aromatic N) is 2. The van der Waals surface area contributed by atoms with Gasteiger partial charge in [-0.2, -0.15) is 12.7 Å². The zero-order valence-electron chi connectivity index (χ0n) is 10.1. The maximum atomic E-state index is 12.3. The molecule has 100 valence electrons. The number of phenolic OH excluding ortho intramolecular Hbond substituents is 1. The Morgan fingerprint density at radius 1 is 1.22 bits per heavy atom. The maximum Gasteiger partial charge on any atom is 0.303 e. The van der Waals surface area contributed by atoms with Crippen LogP contribution in [0.2, 0.25) is 0 Å². The van der Waals surface area contributed by atoms with E-state index in [2.05, 4.69) is 0 Å². The van der Waals surface area contributed by atoms with E-state index in [4.69, 9.17) is 4.74 Å². The summed E-state index contributed by atoms with van der Waals surface area (Å²) in [7, 11) is -2.03. The van der Waals surface area contributed by atoms with E-state index in [1.807, 2.05) is 0 Å². The van der Waals surface area contributed by atoms with Crippen LogP contribution in [0.15, 0.2) is 24.3 Å². The Hall–Kier alpha value is -1.31. The highest BCUT2D eigenvalue weighted by Gasteiger charge is 2.28. The molecule has 1 aromatic carbocycles. The Morgan fingerprint density at radius 3 is 2.33 bits per heavy atom. The Morgan fingerprint density at radius 2 is 1.78 bits per heavy atom. The van der Waals surface area contributed by atoms with Crippen molar-refractivity contribution in [3.63, 3.8) is 0 Å². The molecule has 0 atom stereocenters. The molecule has 0 spiro atoms. The second-order valence-corrected chi connectivity index (χ2v) is 5.96. The first-order valence-corrected chi connectivity index (χ1v) is 7.02. The molecule has 0 aliphatic carbocycles. The third-order valence-corrected chi connectivity index (χ3v) is 4.78. The minimum Gasteiger partial charge on any atom is -0.508 e. The van der Waals surface area contributed by atoms with Gasteiger partial charge in [0.05, 0.1) is 18.9 Å². The van der Waals surface area contributed by atoms with E-state index >= 15 is 0 Å². The molecule has 0 radical (unpaired) electrons. The second-order valence-electron chi connectivity index (χ2n) is 4.00. The molecule has 2 rings (SSSR count). The van der Waals surface area contributed by atoms with E-state index in [1.165, 1.54) is 27.8 Å². The first kappa shape index (κ1) is 13.1. The van der Waals surface area contributed by atoms with Crippen LogP contribution in [0, 0.1) is 0 Å². The molecule has 0 bridgehead atoms. The highest BCUT2D eigenvalue weighted by molar-refractivity contribution is 7.90. The van der Waals surface area contributed by atoms with Crippen LogP contribution in [0.3, 0.4) is 0 Å². The zero-order chi connectivity index (χ0) is 13.2. The van der Waals surface area contributed by atoms with Gasteiger partial charge in [0.25, 0.3) is 0 Å². The average molecular weight is 272 g/mol. The maximum absolute atomic E-state index is 12.3. The second kappa shape index (κ2) is 5.13. The van der Waals surface area contributed by atoms with Crippen LogP contribution >= 0.6 is 0 Å². The van der Waals surface area contributed by atoms with Crippen molar-refractivity contribution in [3.8, 4) is 5.75 Å². The molecule has 18 heavy (non-hydrogen) atoms. The van der Waals surface area contributed by atoms with Gasteiger partial charge in [0.2, 0.25) is 0 Å². The molecule has 7 heteroatoms. The highest BCUT2D eigenvalue weighted by Crippen LogP contribution is 2.21. The van der Waals surface area contributed by atoms with Gasteiger partial charge in [-0.15, -0.1) is 0 Å². The molecule has 1 aromatic rings. The van der Waals surface area contributed by atoms with Crippen molar-refractivity contribution in [2.75, 3.05) is 37.7 Å². The van der Waals surface area contributed by atoms with E-state index in [0.717, 1.165) is 0 Å². The summed E-state index contributed by atoms with van der Waals surface area (Å²) in [5.74, 6) is 0.107. The molecular formula is C11H16N2O4S. The first-order chi connectivity index (χ1) is 8.51. The fraction of sp³-hybridized carbons (Fsp3) is 0.455. The minimum atomic E-state index is -3.52. The van der Waals surface area contributed by atoms with Crippen LogP contribution < -0.4 is 4.31 Å². The molecule has 1 saturated heterocycles. The fourth-order valence-corrected chi connectivity index (χ4v) is 3.09. The third-order valence-electron chi connectivity index (χ3n) is 2.86. The van der Waals surface area contributed by atoms with Gasteiger partial charge in [-0.3, -0.25) is 4.31 Å². The van der Waals surface area contributed by atoms with Crippen molar-refractivity contribution in [1.82, 2.24) is 4.31 Å². The lowest BCUT2D eigenvalue weighted by Gasteiger charge is -2.31. The van der Waals surface area contributed by atoms with Crippen LogP contribution in [0.25, 0.3) is 0 Å². The van der Waals surface area contributed by atoms with Crippen molar-refractivity contribution in [1.29, 1.82) is 0 Å². The molecule has 1 aliphatic rings. The summed E-state index contributed by atoms with van der Waals surface area (Å²) in [5.41, 5.74) is 0.513. The Bertz CT molecular complexity index is 494. The molecule has 1 fully saturated rings. The molecule has 1 heterocycles. The van der Waals surface area contributed by atoms with Crippen LogP contribution in [-0.4, -0.2) is 51.2 Å². The van der Waals surface area contributed by atoms with Gasteiger partial charge < -0.3 is 9.84 Å². The number of anilines is 1. The number of benzene rings is 1. The summed E-state index contributed by atoms with van der Waals surface area (Å²) in [4.78, 5) is 0. The smallest absolute Gasteiger partial charge is 0.303 e. The van der Waals surface area contributed by atoms with Gasteiger partial charge in [0, 0.05) is 20.1 Å². The van der Waals surface area contributed by atoms with Gasteiger partial charge in [0.1, 0.15) is 5.75 Å². The number of hydrogen-bond donors (Lipinski definition) is 1. The highest BCUT2D eigenvalue weighted by atomic mass is 32.2. The van der Waals surface area contributed by atoms with Crippen LogP contribution in [0.4, 0.5) is 5.69 Å². The lowest BCUT2D eigenvalue weighted by molar-refractivity contribution is 0.0730. The zero-order valence-corrected chi connectivity index (χ0v) is 10.9. The van der Waals surface area contributed by atoms with E-state index in [1.54, 1.807) is 12.1 Å². The van der Waals surface area contributed by atoms with E-state index in [0.29, 0.717) is 32.0 Å². The van der Waals surface area contributed by atoms with E-state index in [-0.39, 0.29) is 5.75 Å². The topological polar surface area (TPSA) is 70.1 Å². The van der Waals surface area contributed by atoms with Crippen molar-refractivity contribution in [2.24, 2.45) is 0 Å². The van der Waals surface area contributed by atoms with Gasteiger partial charge in [-0.05, 0) is 24.3 Å². The Labute approximate surface area is 107 Å². The predicted octanol–water partition coefficient (Wildman–Crippen LogP) is 0.405. The molecule has 6 nitrogen and oxygen atoms in total. The van der Waals surface area contributed by atoms with Crippen LogP contribution in [-0.2, 0) is 14.9 Å². The normalized spacial score (nSPS) is 17.6. The first-order valence-electron chi connectivity index (χ1n) is 5.62. The molecule has 0 unspecified atom stereocenters. The summed E-state index contributed by atoms with van der Waals surface area (Å²) in [6.07, 6.45) is 0. The lowest BCUT2D eigenvalue weighted by Crippen LogP contribution is -2.47. The number of ether oxygens (including phenoxy) is 1. The number of aromatic hydroxyl groups is 1. The molecule has 0 saturated carbocycles. The monoisotopic (exact) mass is 272 g/mol. The summed E-state index contributed by atoms with van der Waals surface area (Å²) < 4.78 is 32.3. The Balaban J connectivity index is 2.20. The van der Waals surface area contributed by atoms with Crippen LogP contribution in [0.5, 0.6) is 5.75 Å². The van der Waals surface area contributed by atoms with E-state index < -0.39 is 10.2 Å². The molecule has 1 N–H and O–H groups in total. The number of rotatable bonds is 3.